The fraction of sp³-hybridized carbons (Fsp3) is 0.462. The Morgan fingerprint density at radius 3 is 2.51 bits per heavy atom. The van der Waals surface area contributed by atoms with E-state index in [2.05, 4.69) is 63.3 Å². The molecule has 186 valence electrons. The van der Waals surface area contributed by atoms with Crippen molar-refractivity contribution in [3.05, 3.63) is 63.7 Å². The van der Waals surface area contributed by atoms with Gasteiger partial charge in [-0.05, 0) is 44.4 Å². The number of thioether (sulfide) groups is 1. The van der Waals surface area contributed by atoms with Gasteiger partial charge in [-0.25, -0.2) is 4.68 Å². The molecule has 2 amide bonds. The van der Waals surface area contributed by atoms with Crippen LogP contribution in [0.15, 0.2) is 41.9 Å². The van der Waals surface area contributed by atoms with E-state index >= 15 is 0 Å². The number of carbonyl (C=O) groups is 2. The predicted octanol–water partition coefficient (Wildman–Crippen LogP) is 4.88. The van der Waals surface area contributed by atoms with E-state index in [0.29, 0.717) is 12.3 Å². The molecular weight excluding hydrogens is 478 g/mol. The first kappa shape index (κ1) is 25.4. The van der Waals surface area contributed by atoms with Gasteiger partial charge in [0.2, 0.25) is 11.8 Å². The molecule has 35 heavy (non-hydrogen) atoms. The van der Waals surface area contributed by atoms with Gasteiger partial charge < -0.3 is 5.32 Å². The van der Waals surface area contributed by atoms with Gasteiger partial charge in [-0.1, -0.05) is 32.9 Å². The van der Waals surface area contributed by atoms with Gasteiger partial charge in [-0.15, -0.1) is 23.1 Å². The van der Waals surface area contributed by atoms with Gasteiger partial charge in [0, 0.05) is 22.1 Å². The topological polar surface area (TPSA) is 80.1 Å². The second-order valence-corrected chi connectivity index (χ2v) is 12.8. The molecule has 3 aromatic rings. The molecule has 9 heteroatoms. The Bertz CT molecular complexity index is 1190. The van der Waals surface area contributed by atoms with Gasteiger partial charge in [0.1, 0.15) is 12.4 Å². The minimum atomic E-state index is -0.383. The molecule has 1 atom stereocenters. The first-order valence-electron chi connectivity index (χ1n) is 11.7. The summed E-state index contributed by atoms with van der Waals surface area (Å²) in [6.07, 6.45) is 1.70. The van der Waals surface area contributed by atoms with Crippen LogP contribution in [-0.2, 0) is 27.1 Å². The molecule has 0 aliphatic carbocycles. The number of rotatable bonds is 5. The Balaban J connectivity index is 1.79. The van der Waals surface area contributed by atoms with Gasteiger partial charge in [0.25, 0.3) is 0 Å². The summed E-state index contributed by atoms with van der Waals surface area (Å²) in [5.74, 6) is 0.699. The molecule has 4 heterocycles. The highest BCUT2D eigenvalue weighted by Gasteiger charge is 2.41. The average Bonchev–Trinajstić information content (AvgIpc) is 3.43. The van der Waals surface area contributed by atoms with Crippen LogP contribution in [0.25, 0.3) is 0 Å². The summed E-state index contributed by atoms with van der Waals surface area (Å²) in [4.78, 5) is 33.7. The second kappa shape index (κ2) is 9.78. The van der Waals surface area contributed by atoms with Crippen LogP contribution in [0.5, 0.6) is 0 Å². The molecule has 1 aliphatic heterocycles. The van der Waals surface area contributed by atoms with Crippen LogP contribution >= 0.6 is 23.1 Å². The fourth-order valence-electron chi connectivity index (χ4n) is 4.10. The smallest absolute Gasteiger partial charge is 0.240 e. The number of anilines is 1. The summed E-state index contributed by atoms with van der Waals surface area (Å²) in [5, 5.41) is 10.1. The number of hydrogen-bond donors (Lipinski definition) is 1. The Labute approximate surface area is 215 Å². The molecule has 0 aromatic carbocycles. The molecule has 0 spiro atoms. The SMILES string of the molecule is CC(C)(C)c1nn(C(C)(C)C)c2c1C(c1cccs1)SCC(=O)N2CC(=O)NCc1ccccn1. The first-order chi connectivity index (χ1) is 16.5. The van der Waals surface area contributed by atoms with Crippen molar-refractivity contribution in [1.29, 1.82) is 0 Å². The van der Waals surface area contributed by atoms with Crippen LogP contribution in [0.3, 0.4) is 0 Å². The van der Waals surface area contributed by atoms with Crippen LogP contribution in [0.2, 0.25) is 0 Å². The molecular formula is C26H33N5O2S2. The lowest BCUT2D eigenvalue weighted by atomic mass is 9.88. The number of pyridine rings is 1. The zero-order valence-corrected chi connectivity index (χ0v) is 22.8. The second-order valence-electron chi connectivity index (χ2n) is 10.7. The van der Waals surface area contributed by atoms with Crippen molar-refractivity contribution in [2.45, 2.75) is 64.3 Å². The molecule has 1 aliphatic rings. The minimum absolute atomic E-state index is 0.0270. The maximum atomic E-state index is 13.5. The van der Waals surface area contributed by atoms with Crippen molar-refractivity contribution in [3.8, 4) is 0 Å². The van der Waals surface area contributed by atoms with Gasteiger partial charge >= 0.3 is 0 Å². The highest BCUT2D eigenvalue weighted by Crippen LogP contribution is 2.49. The summed E-state index contributed by atoms with van der Waals surface area (Å²) in [7, 11) is 0. The Kier molecular flexibility index (Phi) is 7.11. The molecule has 0 fully saturated rings. The van der Waals surface area contributed by atoms with E-state index < -0.39 is 0 Å². The highest BCUT2D eigenvalue weighted by molar-refractivity contribution is 8.00. The number of amides is 2. The standard InChI is InChI=1S/C26H33N5O2S2/c1-25(2,3)23-21-22(18-11-9-13-34-18)35-16-20(33)30(24(21)31(29-23)26(4,5)6)15-19(32)28-14-17-10-7-8-12-27-17/h7-13,22H,14-16H2,1-6H3,(H,28,32). The molecule has 1 unspecified atom stereocenters. The van der Waals surface area contributed by atoms with Crippen molar-refractivity contribution >= 4 is 40.7 Å². The number of carbonyl (C=O) groups excluding carboxylic acids is 2. The fourth-order valence-corrected chi connectivity index (χ4v) is 6.27. The largest absolute Gasteiger partial charge is 0.349 e. The maximum Gasteiger partial charge on any atom is 0.240 e. The summed E-state index contributed by atoms with van der Waals surface area (Å²) >= 11 is 3.30. The van der Waals surface area contributed by atoms with Crippen molar-refractivity contribution < 1.29 is 9.59 Å². The lowest BCUT2D eigenvalue weighted by molar-refractivity contribution is -0.123. The third-order valence-corrected chi connectivity index (χ3v) is 8.05. The molecule has 4 rings (SSSR count). The summed E-state index contributed by atoms with van der Waals surface area (Å²) < 4.78 is 1.94. The van der Waals surface area contributed by atoms with E-state index in [0.717, 1.165) is 22.8 Å². The maximum absolute atomic E-state index is 13.5. The van der Waals surface area contributed by atoms with E-state index in [-0.39, 0.29) is 34.6 Å². The van der Waals surface area contributed by atoms with Crippen molar-refractivity contribution in [1.82, 2.24) is 20.1 Å². The predicted molar refractivity (Wildman–Crippen MR) is 143 cm³/mol. The first-order valence-corrected chi connectivity index (χ1v) is 13.7. The number of nitrogens with zero attached hydrogens (tertiary/aromatic N) is 4. The molecule has 0 radical (unpaired) electrons. The average molecular weight is 512 g/mol. The zero-order chi connectivity index (χ0) is 25.4. The van der Waals surface area contributed by atoms with Crippen molar-refractivity contribution in [2.24, 2.45) is 0 Å². The van der Waals surface area contributed by atoms with E-state index in [1.165, 1.54) is 4.88 Å². The lowest BCUT2D eigenvalue weighted by Gasteiger charge is -2.28. The third kappa shape index (κ3) is 5.46. The molecule has 0 saturated carbocycles. The Morgan fingerprint density at radius 2 is 1.91 bits per heavy atom. The van der Waals surface area contributed by atoms with Gasteiger partial charge in [-0.2, -0.15) is 5.10 Å². The minimum Gasteiger partial charge on any atom is -0.349 e. The van der Waals surface area contributed by atoms with Crippen LogP contribution in [0.1, 0.15) is 68.6 Å². The van der Waals surface area contributed by atoms with Gasteiger partial charge in [0.15, 0.2) is 0 Å². The van der Waals surface area contributed by atoms with Crippen LogP contribution < -0.4 is 10.2 Å². The molecule has 0 saturated heterocycles. The van der Waals surface area contributed by atoms with E-state index in [9.17, 15) is 9.59 Å². The molecule has 0 bridgehead atoms. The molecule has 1 N–H and O–H groups in total. The molecule has 7 nitrogen and oxygen atoms in total. The van der Waals surface area contributed by atoms with Gasteiger partial charge in [-0.3, -0.25) is 19.5 Å². The Morgan fingerprint density at radius 1 is 1.14 bits per heavy atom. The highest BCUT2D eigenvalue weighted by atomic mass is 32.2. The number of thiophene rings is 1. The van der Waals surface area contributed by atoms with Crippen molar-refractivity contribution in [3.63, 3.8) is 0 Å². The van der Waals surface area contributed by atoms with E-state index in [4.69, 9.17) is 5.10 Å². The molecule has 3 aromatic heterocycles. The normalized spacial score (nSPS) is 16.7. The van der Waals surface area contributed by atoms with Crippen molar-refractivity contribution in [2.75, 3.05) is 17.2 Å². The summed E-state index contributed by atoms with van der Waals surface area (Å²) in [5.41, 5.74) is 2.14. The Hall–Kier alpha value is -2.65. The summed E-state index contributed by atoms with van der Waals surface area (Å²) in [6.45, 7) is 12.9. The third-order valence-electron chi connectivity index (χ3n) is 5.73. The zero-order valence-electron chi connectivity index (χ0n) is 21.2. The number of hydrogen-bond acceptors (Lipinski definition) is 6. The van der Waals surface area contributed by atoms with Crippen LogP contribution in [-0.4, -0.2) is 38.9 Å². The van der Waals surface area contributed by atoms with Crippen LogP contribution in [0, 0.1) is 0 Å². The number of aromatic nitrogens is 3. The van der Waals surface area contributed by atoms with E-state index in [1.807, 2.05) is 28.9 Å². The number of fused-ring (bicyclic) bond motifs is 1. The lowest BCUT2D eigenvalue weighted by Crippen LogP contribution is -2.43. The van der Waals surface area contributed by atoms with E-state index in [1.54, 1.807) is 34.2 Å². The monoisotopic (exact) mass is 511 g/mol. The van der Waals surface area contributed by atoms with Crippen LogP contribution in [0.4, 0.5) is 5.82 Å². The quantitative estimate of drug-likeness (QED) is 0.528. The summed E-state index contributed by atoms with van der Waals surface area (Å²) in [6, 6.07) is 9.75. The van der Waals surface area contributed by atoms with Gasteiger partial charge in [0.05, 0.1) is 34.5 Å². The number of nitrogens with one attached hydrogen (secondary N) is 1.